The molecule has 0 amide bonds. The summed E-state index contributed by atoms with van der Waals surface area (Å²) in [6.07, 6.45) is 8.93. The number of allylic oxidation sites excluding steroid dienone is 4. The van der Waals surface area contributed by atoms with Crippen LogP contribution in [0.4, 0.5) is 0 Å². The molecule has 2 aliphatic rings. The van der Waals surface area contributed by atoms with Crippen LogP contribution >= 0.6 is 0 Å². The molecule has 1 aliphatic heterocycles. The summed E-state index contributed by atoms with van der Waals surface area (Å²) >= 11 is 0. The number of hydrogen-bond donors (Lipinski definition) is 0. The lowest BCUT2D eigenvalue weighted by Gasteiger charge is -2.11. The van der Waals surface area contributed by atoms with Crippen LogP contribution in [0, 0.1) is 5.92 Å². The number of carbonyl (C=O) groups excluding carboxylic acids is 1. The van der Waals surface area contributed by atoms with Crippen LogP contribution in [0.1, 0.15) is 0 Å². The molecule has 1 atom stereocenters. The molecule has 0 N–H and O–H groups in total. The second kappa shape index (κ2) is 1.84. The minimum absolute atomic E-state index is 0.168. The fraction of sp³-hybridized carbons (Fsp3) is 0.125. The Labute approximate surface area is 58.5 Å². The summed E-state index contributed by atoms with van der Waals surface area (Å²) in [5.41, 5.74) is 0.738. The number of rotatable bonds is 0. The van der Waals surface area contributed by atoms with Gasteiger partial charge in [-0.05, 0) is 6.08 Å². The Morgan fingerprint density at radius 3 is 3.10 bits per heavy atom. The Morgan fingerprint density at radius 2 is 2.30 bits per heavy atom. The molecule has 0 aromatic heterocycles. The highest BCUT2D eigenvalue weighted by Gasteiger charge is 2.23. The van der Waals surface area contributed by atoms with E-state index in [1.165, 1.54) is 6.26 Å². The lowest BCUT2D eigenvalue weighted by Crippen LogP contribution is -2.13. The van der Waals surface area contributed by atoms with E-state index in [4.69, 9.17) is 0 Å². The zero-order chi connectivity index (χ0) is 6.97. The summed E-state index contributed by atoms with van der Waals surface area (Å²) in [5, 5.41) is 0. The Bertz CT molecular complexity index is 258. The van der Waals surface area contributed by atoms with E-state index in [0.29, 0.717) is 0 Å². The number of cyclic esters (lactones) is 1. The maximum Gasteiger partial charge on any atom is 0.339 e. The van der Waals surface area contributed by atoms with Crippen LogP contribution in [0.2, 0.25) is 0 Å². The summed E-state index contributed by atoms with van der Waals surface area (Å²) in [7, 11) is 0. The third kappa shape index (κ3) is 0.620. The number of esters is 1. The molecule has 2 heteroatoms. The molecule has 0 aromatic rings. The topological polar surface area (TPSA) is 26.3 Å². The lowest BCUT2D eigenvalue weighted by molar-refractivity contribution is -0.134. The van der Waals surface area contributed by atoms with Gasteiger partial charge in [-0.15, -0.1) is 0 Å². The van der Waals surface area contributed by atoms with Crippen LogP contribution < -0.4 is 0 Å². The van der Waals surface area contributed by atoms with Gasteiger partial charge < -0.3 is 4.74 Å². The summed E-state index contributed by atoms with van der Waals surface area (Å²) in [6.45, 7) is 0. The molecule has 0 fully saturated rings. The van der Waals surface area contributed by atoms with Crippen molar-refractivity contribution in [3.05, 3.63) is 36.1 Å². The summed E-state index contributed by atoms with van der Waals surface area (Å²) in [5.74, 6) is -0.0567. The van der Waals surface area contributed by atoms with Gasteiger partial charge in [0.2, 0.25) is 0 Å². The van der Waals surface area contributed by atoms with E-state index in [1.807, 2.05) is 18.2 Å². The molecule has 0 saturated carbocycles. The van der Waals surface area contributed by atoms with Crippen LogP contribution in [-0.2, 0) is 9.53 Å². The van der Waals surface area contributed by atoms with Crippen LogP contribution in [0.5, 0.6) is 0 Å². The first kappa shape index (κ1) is 5.47. The maximum absolute atomic E-state index is 10.9. The molecular formula is C8H6O2. The van der Waals surface area contributed by atoms with Crippen LogP contribution in [0.3, 0.4) is 0 Å². The first-order valence-electron chi connectivity index (χ1n) is 3.14. The third-order valence-corrected chi connectivity index (χ3v) is 1.65. The van der Waals surface area contributed by atoms with E-state index in [0.717, 1.165) is 5.57 Å². The number of hydrogen-bond acceptors (Lipinski definition) is 2. The van der Waals surface area contributed by atoms with Gasteiger partial charge in [0.15, 0.2) is 0 Å². The molecule has 10 heavy (non-hydrogen) atoms. The molecule has 0 saturated heterocycles. The molecule has 0 spiro atoms. The van der Waals surface area contributed by atoms with Crippen molar-refractivity contribution in [2.75, 3.05) is 0 Å². The second-order valence-electron chi connectivity index (χ2n) is 2.27. The zero-order valence-electron chi connectivity index (χ0n) is 5.28. The normalized spacial score (nSPS) is 27.8. The van der Waals surface area contributed by atoms with Crippen molar-refractivity contribution >= 4 is 5.97 Å². The van der Waals surface area contributed by atoms with Crippen molar-refractivity contribution in [3.8, 4) is 0 Å². The van der Waals surface area contributed by atoms with Gasteiger partial charge in [0, 0.05) is 11.5 Å². The van der Waals surface area contributed by atoms with Crippen molar-refractivity contribution in [2.24, 2.45) is 5.92 Å². The van der Waals surface area contributed by atoms with Crippen molar-refractivity contribution in [2.45, 2.75) is 0 Å². The molecule has 0 aromatic carbocycles. The number of ether oxygens (including phenoxy) is 1. The van der Waals surface area contributed by atoms with Gasteiger partial charge in [0.1, 0.15) is 0 Å². The minimum atomic E-state index is -0.225. The largest absolute Gasteiger partial charge is 0.431 e. The predicted octanol–water partition coefficient (Wildman–Crippen LogP) is 1.17. The lowest BCUT2D eigenvalue weighted by atomic mass is 10.0. The second-order valence-corrected chi connectivity index (χ2v) is 2.27. The highest BCUT2D eigenvalue weighted by Crippen LogP contribution is 2.24. The average Bonchev–Trinajstić information content (AvgIpc) is 2.36. The van der Waals surface area contributed by atoms with Crippen molar-refractivity contribution < 1.29 is 9.53 Å². The van der Waals surface area contributed by atoms with Gasteiger partial charge in [-0.3, -0.25) is 0 Å². The molecule has 0 bridgehead atoms. The minimum Gasteiger partial charge on any atom is -0.431 e. The molecule has 50 valence electrons. The Hall–Kier alpha value is -1.31. The monoisotopic (exact) mass is 134 g/mol. The first-order chi connectivity index (χ1) is 4.88. The fourth-order valence-corrected chi connectivity index (χ4v) is 1.12. The number of carbonyl (C=O) groups is 1. The van der Waals surface area contributed by atoms with Gasteiger partial charge in [-0.25, -0.2) is 4.79 Å². The molecular weight excluding hydrogens is 128 g/mol. The SMILES string of the molecule is O=C1OC=CC2C=CC=C12. The van der Waals surface area contributed by atoms with Crippen molar-refractivity contribution in [3.63, 3.8) is 0 Å². The van der Waals surface area contributed by atoms with E-state index in [9.17, 15) is 4.79 Å². The zero-order valence-corrected chi connectivity index (χ0v) is 5.28. The van der Waals surface area contributed by atoms with E-state index < -0.39 is 0 Å². The predicted molar refractivity (Wildman–Crippen MR) is 35.9 cm³/mol. The van der Waals surface area contributed by atoms with Gasteiger partial charge in [-0.2, -0.15) is 0 Å². The van der Waals surface area contributed by atoms with Gasteiger partial charge in [-0.1, -0.05) is 18.2 Å². The van der Waals surface area contributed by atoms with Crippen LogP contribution in [-0.4, -0.2) is 5.97 Å². The Balaban J connectivity index is 2.41. The standard InChI is InChI=1S/C8H6O2/c9-8-7-3-1-2-6(7)4-5-10-8/h1-6H. The highest BCUT2D eigenvalue weighted by atomic mass is 16.5. The van der Waals surface area contributed by atoms with E-state index in [-0.39, 0.29) is 11.9 Å². The molecule has 1 heterocycles. The highest BCUT2D eigenvalue weighted by molar-refractivity contribution is 5.92. The quantitative estimate of drug-likeness (QED) is 0.465. The van der Waals surface area contributed by atoms with Gasteiger partial charge >= 0.3 is 5.97 Å². The average molecular weight is 134 g/mol. The van der Waals surface area contributed by atoms with E-state index in [2.05, 4.69) is 4.74 Å². The smallest absolute Gasteiger partial charge is 0.339 e. The fourth-order valence-electron chi connectivity index (χ4n) is 1.12. The van der Waals surface area contributed by atoms with Gasteiger partial charge in [0.05, 0.1) is 6.26 Å². The third-order valence-electron chi connectivity index (χ3n) is 1.65. The number of fused-ring (bicyclic) bond motifs is 1. The van der Waals surface area contributed by atoms with E-state index >= 15 is 0 Å². The molecule has 2 rings (SSSR count). The molecule has 1 unspecified atom stereocenters. The molecule has 0 radical (unpaired) electrons. The van der Waals surface area contributed by atoms with Crippen molar-refractivity contribution in [1.82, 2.24) is 0 Å². The first-order valence-corrected chi connectivity index (χ1v) is 3.14. The van der Waals surface area contributed by atoms with Crippen LogP contribution in [0.15, 0.2) is 36.1 Å². The van der Waals surface area contributed by atoms with Crippen molar-refractivity contribution in [1.29, 1.82) is 0 Å². The summed E-state index contributed by atoms with van der Waals surface area (Å²) < 4.78 is 4.66. The maximum atomic E-state index is 10.9. The summed E-state index contributed by atoms with van der Waals surface area (Å²) in [6, 6.07) is 0. The Kier molecular flexibility index (Phi) is 1.01. The summed E-state index contributed by atoms with van der Waals surface area (Å²) in [4.78, 5) is 10.9. The van der Waals surface area contributed by atoms with Gasteiger partial charge in [0.25, 0.3) is 0 Å². The van der Waals surface area contributed by atoms with E-state index in [1.54, 1.807) is 6.08 Å². The van der Waals surface area contributed by atoms with Crippen LogP contribution in [0.25, 0.3) is 0 Å². The Morgan fingerprint density at radius 1 is 1.40 bits per heavy atom. The molecule has 2 nitrogen and oxygen atoms in total. The molecule has 1 aliphatic carbocycles.